The van der Waals surface area contributed by atoms with Gasteiger partial charge in [0.05, 0.1) is 7.11 Å². The van der Waals surface area contributed by atoms with Crippen LogP contribution in [0.5, 0.6) is 5.75 Å². The van der Waals surface area contributed by atoms with Crippen LogP contribution in [0.15, 0.2) is 48.8 Å². The molecule has 0 N–H and O–H groups in total. The van der Waals surface area contributed by atoms with E-state index in [9.17, 15) is 4.79 Å². The number of nitrogens with zero attached hydrogens (tertiary/aromatic N) is 3. The number of hydrogen-bond donors (Lipinski definition) is 0. The Hall–Kier alpha value is -2.82. The fourth-order valence-electron chi connectivity index (χ4n) is 3.09. The van der Waals surface area contributed by atoms with Gasteiger partial charge in [-0.1, -0.05) is 12.1 Å². The third-order valence-electron chi connectivity index (χ3n) is 4.52. The molecular formula is C20H23N3O2. The Bertz CT molecular complexity index is 846. The maximum Gasteiger partial charge on any atom is 0.186 e. The van der Waals surface area contributed by atoms with Crippen LogP contribution in [0.4, 0.5) is 0 Å². The van der Waals surface area contributed by atoms with Crippen LogP contribution in [0.25, 0.3) is 0 Å². The van der Waals surface area contributed by atoms with E-state index >= 15 is 0 Å². The van der Waals surface area contributed by atoms with Crippen LogP contribution in [0.1, 0.15) is 27.3 Å². The lowest BCUT2D eigenvalue weighted by Gasteiger charge is -2.10. The summed E-state index contributed by atoms with van der Waals surface area (Å²) in [6, 6.07) is 11.9. The normalized spacial score (nSPS) is 10.8. The van der Waals surface area contributed by atoms with Crippen molar-refractivity contribution >= 4 is 5.78 Å². The molecular weight excluding hydrogens is 314 g/mol. The smallest absolute Gasteiger partial charge is 0.186 e. The second kappa shape index (κ2) is 7.38. The molecule has 2 aromatic heterocycles. The second-order valence-electron chi connectivity index (χ2n) is 6.16. The van der Waals surface area contributed by atoms with Crippen molar-refractivity contribution < 1.29 is 9.53 Å². The highest BCUT2D eigenvalue weighted by Gasteiger charge is 2.16. The summed E-state index contributed by atoms with van der Waals surface area (Å²) in [4.78, 5) is 12.6. The third-order valence-corrected chi connectivity index (χ3v) is 4.52. The lowest BCUT2D eigenvalue weighted by Crippen LogP contribution is -2.12. The van der Waals surface area contributed by atoms with Gasteiger partial charge in [-0.3, -0.25) is 9.48 Å². The molecule has 0 bridgehead atoms. The summed E-state index contributed by atoms with van der Waals surface area (Å²) in [5, 5.41) is 4.11. The van der Waals surface area contributed by atoms with E-state index in [1.165, 1.54) is 5.56 Å². The number of rotatable bonds is 7. The quantitative estimate of drug-likeness (QED) is 0.621. The Morgan fingerprint density at radius 1 is 1.20 bits per heavy atom. The number of ketones is 1. The molecule has 130 valence electrons. The van der Waals surface area contributed by atoms with Gasteiger partial charge in [-0.15, -0.1) is 0 Å². The average molecular weight is 337 g/mol. The minimum absolute atomic E-state index is 0.0903. The Kier molecular flexibility index (Phi) is 5.03. The van der Waals surface area contributed by atoms with Gasteiger partial charge in [0.1, 0.15) is 12.3 Å². The van der Waals surface area contributed by atoms with Gasteiger partial charge in [0.25, 0.3) is 0 Å². The SMILES string of the molecule is COc1ccc(CCn2c(C)cc(C(=O)Cn3cccn3)c2C)cc1. The van der Waals surface area contributed by atoms with E-state index in [1.807, 2.05) is 38.1 Å². The zero-order chi connectivity index (χ0) is 17.8. The Morgan fingerprint density at radius 2 is 1.96 bits per heavy atom. The van der Waals surface area contributed by atoms with Gasteiger partial charge in [0, 0.05) is 35.9 Å². The van der Waals surface area contributed by atoms with Crippen LogP contribution in [-0.4, -0.2) is 27.2 Å². The minimum Gasteiger partial charge on any atom is -0.497 e. The van der Waals surface area contributed by atoms with Crippen LogP contribution in [-0.2, 0) is 19.5 Å². The molecule has 3 aromatic rings. The highest BCUT2D eigenvalue weighted by Crippen LogP contribution is 2.18. The van der Waals surface area contributed by atoms with Crippen LogP contribution in [0.3, 0.4) is 0 Å². The molecule has 2 heterocycles. The predicted molar refractivity (Wildman–Crippen MR) is 97.2 cm³/mol. The standard InChI is InChI=1S/C20H23N3O2/c1-15-13-19(20(24)14-22-11-4-10-21-22)16(2)23(15)12-9-17-5-7-18(25-3)8-6-17/h4-8,10-11,13H,9,12,14H2,1-3H3. The van der Waals surface area contributed by atoms with Crippen molar-refractivity contribution in [1.29, 1.82) is 0 Å². The van der Waals surface area contributed by atoms with E-state index in [4.69, 9.17) is 4.74 Å². The molecule has 1 aromatic carbocycles. The van der Waals surface area contributed by atoms with Gasteiger partial charge >= 0.3 is 0 Å². The highest BCUT2D eigenvalue weighted by molar-refractivity contribution is 5.97. The summed E-state index contributed by atoms with van der Waals surface area (Å²) in [6.07, 6.45) is 4.40. The number of benzene rings is 1. The van der Waals surface area contributed by atoms with Crippen LogP contribution in [0.2, 0.25) is 0 Å². The number of methoxy groups -OCH3 is 1. The molecule has 0 aliphatic carbocycles. The topological polar surface area (TPSA) is 49.0 Å². The molecule has 0 spiro atoms. The molecule has 0 saturated carbocycles. The summed E-state index contributed by atoms with van der Waals surface area (Å²) < 4.78 is 9.06. The van der Waals surface area contributed by atoms with Crippen molar-refractivity contribution in [3.05, 3.63) is 71.3 Å². The molecule has 0 amide bonds. The first kappa shape index (κ1) is 17.0. The maximum absolute atomic E-state index is 12.6. The molecule has 5 nitrogen and oxygen atoms in total. The van der Waals surface area contributed by atoms with Crippen molar-refractivity contribution in [1.82, 2.24) is 14.3 Å². The van der Waals surface area contributed by atoms with Crippen molar-refractivity contribution in [3.8, 4) is 5.75 Å². The predicted octanol–water partition coefficient (Wildman–Crippen LogP) is 3.44. The molecule has 25 heavy (non-hydrogen) atoms. The maximum atomic E-state index is 12.6. The molecule has 0 radical (unpaired) electrons. The number of carbonyl (C=O) groups is 1. The number of hydrogen-bond acceptors (Lipinski definition) is 3. The van der Waals surface area contributed by atoms with Crippen LogP contribution >= 0.6 is 0 Å². The summed E-state index contributed by atoms with van der Waals surface area (Å²) in [5.74, 6) is 0.955. The van der Waals surface area contributed by atoms with Crippen LogP contribution in [0, 0.1) is 13.8 Å². The van der Waals surface area contributed by atoms with E-state index in [2.05, 4.69) is 21.8 Å². The molecule has 0 aliphatic rings. The van der Waals surface area contributed by atoms with Gasteiger partial charge < -0.3 is 9.30 Å². The Morgan fingerprint density at radius 3 is 2.60 bits per heavy atom. The van der Waals surface area contributed by atoms with Crippen molar-refractivity contribution in [2.45, 2.75) is 33.4 Å². The van der Waals surface area contributed by atoms with E-state index in [0.29, 0.717) is 0 Å². The van der Waals surface area contributed by atoms with Gasteiger partial charge in [-0.2, -0.15) is 5.10 Å². The third kappa shape index (κ3) is 3.82. The Labute approximate surface area is 147 Å². The molecule has 0 atom stereocenters. The van der Waals surface area contributed by atoms with Crippen molar-refractivity contribution in [2.75, 3.05) is 7.11 Å². The number of aryl methyl sites for hydroxylation is 2. The fourth-order valence-corrected chi connectivity index (χ4v) is 3.09. The lowest BCUT2D eigenvalue weighted by molar-refractivity contribution is 0.0967. The first-order valence-electron chi connectivity index (χ1n) is 8.39. The van der Waals surface area contributed by atoms with E-state index < -0.39 is 0 Å². The second-order valence-corrected chi connectivity index (χ2v) is 6.16. The van der Waals surface area contributed by atoms with Gasteiger partial charge in [0.2, 0.25) is 0 Å². The summed E-state index contributed by atoms with van der Waals surface area (Å²) in [5.41, 5.74) is 4.15. The monoisotopic (exact) mass is 337 g/mol. The van der Waals surface area contributed by atoms with Crippen molar-refractivity contribution in [2.24, 2.45) is 0 Å². The number of Topliss-reactive ketones (excluding diaryl/α,β-unsaturated/α-hetero) is 1. The highest BCUT2D eigenvalue weighted by atomic mass is 16.5. The fraction of sp³-hybridized carbons (Fsp3) is 0.300. The largest absolute Gasteiger partial charge is 0.497 e. The molecule has 0 fully saturated rings. The van der Waals surface area contributed by atoms with E-state index in [0.717, 1.165) is 35.7 Å². The van der Waals surface area contributed by atoms with Gasteiger partial charge in [-0.25, -0.2) is 0 Å². The van der Waals surface area contributed by atoms with Gasteiger partial charge in [0.15, 0.2) is 5.78 Å². The number of carbonyl (C=O) groups excluding carboxylic acids is 1. The van der Waals surface area contributed by atoms with E-state index in [1.54, 1.807) is 24.2 Å². The molecule has 0 aliphatic heterocycles. The molecule has 3 rings (SSSR count). The number of ether oxygens (including phenoxy) is 1. The lowest BCUT2D eigenvalue weighted by atomic mass is 10.1. The van der Waals surface area contributed by atoms with E-state index in [-0.39, 0.29) is 12.3 Å². The first-order chi connectivity index (χ1) is 12.1. The summed E-state index contributed by atoms with van der Waals surface area (Å²) in [6.45, 7) is 5.18. The molecule has 0 unspecified atom stereocenters. The summed E-state index contributed by atoms with van der Waals surface area (Å²) >= 11 is 0. The van der Waals surface area contributed by atoms with Crippen LogP contribution < -0.4 is 4.74 Å². The molecule has 0 saturated heterocycles. The zero-order valence-electron chi connectivity index (χ0n) is 14.9. The zero-order valence-corrected chi connectivity index (χ0v) is 14.9. The Balaban J connectivity index is 1.71. The minimum atomic E-state index is 0.0903. The molecule has 5 heteroatoms. The first-order valence-corrected chi connectivity index (χ1v) is 8.39. The van der Waals surface area contributed by atoms with Gasteiger partial charge in [-0.05, 0) is 50.1 Å². The summed E-state index contributed by atoms with van der Waals surface area (Å²) in [7, 11) is 1.67. The van der Waals surface area contributed by atoms with Crippen molar-refractivity contribution in [3.63, 3.8) is 0 Å². The average Bonchev–Trinajstić information content (AvgIpc) is 3.22. The number of aromatic nitrogens is 3.